The molecule has 1 atom stereocenters. The van der Waals surface area contributed by atoms with Crippen LogP contribution in [0.15, 0.2) is 18.2 Å². The third kappa shape index (κ3) is 3.13. The van der Waals surface area contributed by atoms with E-state index in [1.54, 1.807) is 0 Å². The van der Waals surface area contributed by atoms with Crippen molar-refractivity contribution in [2.45, 2.75) is 44.1 Å². The summed E-state index contributed by atoms with van der Waals surface area (Å²) >= 11 is 5.81. The van der Waals surface area contributed by atoms with Crippen LogP contribution >= 0.6 is 11.6 Å². The molecule has 1 saturated carbocycles. The van der Waals surface area contributed by atoms with Crippen LogP contribution in [0.25, 0.3) is 0 Å². The quantitative estimate of drug-likeness (QED) is 0.695. The van der Waals surface area contributed by atoms with E-state index in [1.807, 2.05) is 11.6 Å². The lowest BCUT2D eigenvalue weighted by Crippen LogP contribution is -2.27. The summed E-state index contributed by atoms with van der Waals surface area (Å²) in [6.45, 7) is 0. The van der Waals surface area contributed by atoms with Gasteiger partial charge in [-0.15, -0.1) is 0 Å². The van der Waals surface area contributed by atoms with Crippen molar-refractivity contribution in [1.82, 2.24) is 9.88 Å². The van der Waals surface area contributed by atoms with E-state index in [1.165, 1.54) is 18.2 Å². The van der Waals surface area contributed by atoms with Crippen LogP contribution in [0.4, 0.5) is 14.9 Å². The van der Waals surface area contributed by atoms with Gasteiger partial charge in [-0.2, -0.15) is 0 Å². The summed E-state index contributed by atoms with van der Waals surface area (Å²) in [6.07, 6.45) is 3.43. The molecule has 8 heteroatoms. The Morgan fingerprint density at radius 2 is 2.04 bits per heavy atom. The van der Waals surface area contributed by atoms with Gasteiger partial charge in [-0.1, -0.05) is 18.0 Å². The molecule has 2 aliphatic carbocycles. The molecule has 1 fully saturated rings. The lowest BCUT2D eigenvalue weighted by molar-refractivity contribution is 0.101. The summed E-state index contributed by atoms with van der Waals surface area (Å²) in [5.74, 6) is -0.506. The first-order chi connectivity index (χ1) is 13.4. The Bertz CT molecular complexity index is 968. The van der Waals surface area contributed by atoms with Crippen LogP contribution in [0.3, 0.4) is 0 Å². The summed E-state index contributed by atoms with van der Waals surface area (Å²) in [7, 11) is 1.86. The van der Waals surface area contributed by atoms with Crippen molar-refractivity contribution in [3.05, 3.63) is 51.6 Å². The van der Waals surface area contributed by atoms with Crippen LogP contribution in [0.2, 0.25) is 5.02 Å². The number of anilines is 1. The maximum atomic E-state index is 13.4. The second-order valence-electron chi connectivity index (χ2n) is 7.44. The summed E-state index contributed by atoms with van der Waals surface area (Å²) < 4.78 is 15.3. The minimum Gasteiger partial charge on any atom is -0.465 e. The number of fused-ring (bicyclic) bond motifs is 1. The topological polar surface area (TPSA) is 83.4 Å². The fourth-order valence-corrected chi connectivity index (χ4v) is 4.56. The zero-order chi connectivity index (χ0) is 20.0. The lowest BCUT2D eigenvalue weighted by atomic mass is 9.80. The molecule has 0 spiro atoms. The minimum atomic E-state index is -1.06. The number of halogens is 2. The van der Waals surface area contributed by atoms with Crippen LogP contribution in [-0.2, 0) is 13.5 Å². The molecule has 148 valence electrons. The molecule has 1 unspecified atom stereocenters. The Balaban J connectivity index is 1.72. The Morgan fingerprint density at radius 3 is 2.64 bits per heavy atom. The smallest absolute Gasteiger partial charge is 0.405 e. The number of carboxylic acid groups (broad SMARTS) is 1. The molecule has 2 aromatic rings. The first-order valence-corrected chi connectivity index (χ1v) is 9.71. The van der Waals surface area contributed by atoms with Crippen LogP contribution in [0, 0.1) is 5.82 Å². The van der Waals surface area contributed by atoms with Crippen molar-refractivity contribution >= 4 is 29.3 Å². The summed E-state index contributed by atoms with van der Waals surface area (Å²) in [5.41, 5.74) is 3.85. The van der Waals surface area contributed by atoms with Gasteiger partial charge in [-0.25, -0.2) is 9.18 Å². The molecule has 4 rings (SSSR count). The van der Waals surface area contributed by atoms with Crippen molar-refractivity contribution in [2.75, 3.05) is 5.32 Å². The molecule has 0 saturated heterocycles. The van der Waals surface area contributed by atoms with E-state index < -0.39 is 11.9 Å². The second-order valence-corrected chi connectivity index (χ2v) is 7.84. The second kappa shape index (κ2) is 7.13. The highest BCUT2D eigenvalue weighted by Gasteiger charge is 2.38. The van der Waals surface area contributed by atoms with E-state index in [9.17, 15) is 19.1 Å². The molecule has 2 amide bonds. The van der Waals surface area contributed by atoms with Crippen molar-refractivity contribution in [3.63, 3.8) is 0 Å². The molecule has 1 aromatic carbocycles. The van der Waals surface area contributed by atoms with Gasteiger partial charge in [0.25, 0.3) is 5.91 Å². The predicted octanol–water partition coefficient (Wildman–Crippen LogP) is 4.59. The summed E-state index contributed by atoms with van der Waals surface area (Å²) in [6, 6.07) is 3.75. The van der Waals surface area contributed by atoms with E-state index >= 15 is 0 Å². The van der Waals surface area contributed by atoms with E-state index in [0.29, 0.717) is 30.1 Å². The molecule has 0 aliphatic heterocycles. The van der Waals surface area contributed by atoms with Gasteiger partial charge in [0.05, 0.1) is 11.1 Å². The number of carbonyl (C=O) groups excluding carboxylic acids is 1. The predicted molar refractivity (Wildman–Crippen MR) is 104 cm³/mol. The third-order valence-electron chi connectivity index (χ3n) is 5.80. The van der Waals surface area contributed by atoms with Gasteiger partial charge in [-0.3, -0.25) is 4.79 Å². The van der Waals surface area contributed by atoms with Gasteiger partial charge in [0.1, 0.15) is 11.5 Å². The maximum absolute atomic E-state index is 13.4. The van der Waals surface area contributed by atoms with Crippen molar-refractivity contribution < 1.29 is 19.1 Å². The standard InChI is InChI=1S/C20H21ClFN3O3/c1-25-17(10-3-2-4-10)16-12(6-8-15(16)24-20(27)28)18(25)19(26)23-11-5-7-14(22)13(21)9-11/h5,7,9-10,15,24H,2-4,6,8H2,1H3,(H,23,26)(H,27,28). The number of amides is 2. The van der Waals surface area contributed by atoms with Crippen molar-refractivity contribution in [1.29, 1.82) is 0 Å². The van der Waals surface area contributed by atoms with E-state index in [2.05, 4.69) is 10.6 Å². The number of nitrogens with zero attached hydrogens (tertiary/aromatic N) is 1. The van der Waals surface area contributed by atoms with Crippen LogP contribution in [0.5, 0.6) is 0 Å². The average molecular weight is 406 g/mol. The van der Waals surface area contributed by atoms with Gasteiger partial charge in [0, 0.05) is 18.4 Å². The Kier molecular flexibility index (Phi) is 4.79. The van der Waals surface area contributed by atoms with E-state index in [0.717, 1.165) is 36.1 Å². The molecule has 0 radical (unpaired) electrons. The molecule has 0 bridgehead atoms. The zero-order valence-electron chi connectivity index (χ0n) is 15.4. The van der Waals surface area contributed by atoms with Crippen LogP contribution in [0.1, 0.15) is 65.0 Å². The Morgan fingerprint density at radius 1 is 1.29 bits per heavy atom. The minimum absolute atomic E-state index is 0.0595. The monoisotopic (exact) mass is 405 g/mol. The normalized spacial score (nSPS) is 18.5. The number of carbonyl (C=O) groups is 2. The fraction of sp³-hybridized carbons (Fsp3) is 0.400. The Hall–Kier alpha value is -2.54. The third-order valence-corrected chi connectivity index (χ3v) is 6.09. The van der Waals surface area contributed by atoms with Crippen LogP contribution in [-0.4, -0.2) is 21.7 Å². The van der Waals surface area contributed by atoms with Gasteiger partial charge in [0.2, 0.25) is 0 Å². The van der Waals surface area contributed by atoms with Gasteiger partial charge in [-0.05, 0) is 60.9 Å². The molecule has 1 aromatic heterocycles. The largest absolute Gasteiger partial charge is 0.465 e. The zero-order valence-corrected chi connectivity index (χ0v) is 16.1. The number of hydrogen-bond acceptors (Lipinski definition) is 2. The summed E-state index contributed by atoms with van der Waals surface area (Å²) in [4.78, 5) is 24.3. The molecular formula is C20H21ClFN3O3. The number of nitrogens with one attached hydrogen (secondary N) is 2. The number of aromatic nitrogens is 1. The van der Waals surface area contributed by atoms with Gasteiger partial charge < -0.3 is 20.3 Å². The maximum Gasteiger partial charge on any atom is 0.405 e. The summed E-state index contributed by atoms with van der Waals surface area (Å²) in [5, 5.41) is 14.5. The molecular weight excluding hydrogens is 385 g/mol. The average Bonchev–Trinajstić information content (AvgIpc) is 3.08. The highest BCUT2D eigenvalue weighted by Crippen LogP contribution is 2.46. The molecule has 28 heavy (non-hydrogen) atoms. The lowest BCUT2D eigenvalue weighted by Gasteiger charge is -2.29. The molecule has 3 N–H and O–H groups in total. The highest BCUT2D eigenvalue weighted by molar-refractivity contribution is 6.31. The van der Waals surface area contributed by atoms with Crippen molar-refractivity contribution in [3.8, 4) is 0 Å². The first kappa shape index (κ1) is 18.8. The van der Waals surface area contributed by atoms with Gasteiger partial charge >= 0.3 is 6.09 Å². The Labute approximate surface area is 166 Å². The van der Waals surface area contributed by atoms with Crippen LogP contribution < -0.4 is 10.6 Å². The SMILES string of the molecule is Cn1c(C(=O)Nc2ccc(F)c(Cl)c2)c2c(c1C1CCC1)C(NC(=O)O)CC2. The van der Waals surface area contributed by atoms with Gasteiger partial charge in [0.15, 0.2) is 0 Å². The van der Waals surface area contributed by atoms with Crippen molar-refractivity contribution in [2.24, 2.45) is 7.05 Å². The number of hydrogen-bond donors (Lipinski definition) is 3. The fourth-order valence-electron chi connectivity index (χ4n) is 4.38. The number of rotatable bonds is 4. The molecule has 6 nitrogen and oxygen atoms in total. The van der Waals surface area contributed by atoms with E-state index in [4.69, 9.17) is 11.6 Å². The van der Waals surface area contributed by atoms with E-state index in [-0.39, 0.29) is 17.0 Å². The number of benzene rings is 1. The molecule has 1 heterocycles. The highest BCUT2D eigenvalue weighted by atomic mass is 35.5. The first-order valence-electron chi connectivity index (χ1n) is 9.34. The molecule has 2 aliphatic rings.